The lowest BCUT2D eigenvalue weighted by atomic mass is 10.1. The van der Waals surface area contributed by atoms with Gasteiger partial charge in [-0.15, -0.1) is 0 Å². The van der Waals surface area contributed by atoms with Crippen LogP contribution in [-0.2, 0) is 0 Å². The van der Waals surface area contributed by atoms with E-state index in [2.05, 4.69) is 57.3 Å². The van der Waals surface area contributed by atoms with Crippen molar-refractivity contribution in [1.29, 1.82) is 0 Å². The van der Waals surface area contributed by atoms with Gasteiger partial charge in [-0.2, -0.15) is 0 Å². The summed E-state index contributed by atoms with van der Waals surface area (Å²) in [5.41, 5.74) is 4.94. The maximum Gasteiger partial charge on any atom is 0.0595 e. The topological polar surface area (TPSA) is 25.8 Å². The Morgan fingerprint density at radius 1 is 0.538 bits per heavy atom. The summed E-state index contributed by atoms with van der Waals surface area (Å²) in [6.07, 6.45) is 6.81. The highest BCUT2D eigenvalue weighted by atomic mass is 14.6. The minimum absolute atomic E-state index is 0.753. The van der Waals surface area contributed by atoms with Gasteiger partial charge in [-0.1, -0.05) is 29.7 Å². The summed E-state index contributed by atoms with van der Waals surface area (Å²) in [4.78, 5) is 8.25. The Hall–Kier alpha value is -4.24. The maximum absolute atomic E-state index is 4.13. The molecule has 2 nitrogen and oxygen atoms in total. The van der Waals surface area contributed by atoms with Gasteiger partial charge in [0.25, 0.3) is 0 Å². The second-order valence-electron chi connectivity index (χ2n) is 5.42. The molecule has 3 aromatic rings. The van der Waals surface area contributed by atoms with Gasteiger partial charge in [-0.05, 0) is 54.0 Å². The van der Waals surface area contributed by atoms with Crippen LogP contribution < -0.4 is 0 Å². The number of benzene rings is 1. The van der Waals surface area contributed by atoms with E-state index in [4.69, 9.17) is 0 Å². The summed E-state index contributed by atoms with van der Waals surface area (Å²) in [5, 5.41) is 0. The zero-order valence-corrected chi connectivity index (χ0v) is 13.7. The molecule has 0 atom stereocenters. The Morgan fingerprint density at radius 3 is 1.62 bits per heavy atom. The molecule has 2 bridgehead atoms. The number of nitrogens with zero attached hydrogens (tertiary/aromatic N) is 2. The van der Waals surface area contributed by atoms with Crippen LogP contribution in [0, 0.1) is 47.4 Å². The van der Waals surface area contributed by atoms with Crippen molar-refractivity contribution in [2.75, 3.05) is 0 Å². The third-order valence-electron chi connectivity index (χ3n) is 3.64. The van der Waals surface area contributed by atoms with Gasteiger partial charge in [0.05, 0.1) is 11.1 Å². The molecular weight excluding hydrogens is 316 g/mol. The molecule has 1 aromatic carbocycles. The predicted molar refractivity (Wildman–Crippen MR) is 101 cm³/mol. The van der Waals surface area contributed by atoms with Crippen LogP contribution in [0.25, 0.3) is 0 Å². The Balaban J connectivity index is 1.94. The standard InChI is InChI=1S/C24H10N2/c1-2-7-24-18-26-15-13-22(24)11-9-20-5-3-4-19(16-20)8-10-21-12-14-25-17-23(21)6-1/h3-5,12-18H. The van der Waals surface area contributed by atoms with Gasteiger partial charge in [0.15, 0.2) is 0 Å². The van der Waals surface area contributed by atoms with Gasteiger partial charge in [-0.25, -0.2) is 0 Å². The maximum atomic E-state index is 4.13. The smallest absolute Gasteiger partial charge is 0.0595 e. The number of pyridine rings is 2. The third-order valence-corrected chi connectivity index (χ3v) is 3.64. The molecule has 0 amide bonds. The number of hydrogen-bond acceptors (Lipinski definition) is 2. The van der Waals surface area contributed by atoms with E-state index in [1.165, 1.54) is 0 Å². The normalized spacial score (nSPS) is 10.3. The highest BCUT2D eigenvalue weighted by molar-refractivity contribution is 5.57. The lowest BCUT2D eigenvalue weighted by molar-refractivity contribution is 1.30. The zero-order valence-electron chi connectivity index (χ0n) is 13.7. The van der Waals surface area contributed by atoms with Crippen molar-refractivity contribution < 1.29 is 0 Å². The fraction of sp³-hybridized carbons (Fsp3) is 0. The van der Waals surface area contributed by atoms with Gasteiger partial charge in [0.1, 0.15) is 0 Å². The minimum atomic E-state index is 0.753. The van der Waals surface area contributed by atoms with Gasteiger partial charge in [-0.3, -0.25) is 9.97 Å². The Kier molecular flexibility index (Phi) is 4.18. The average Bonchev–Trinajstić information content (AvgIpc) is 2.69. The minimum Gasteiger partial charge on any atom is -0.263 e. The first-order valence-electron chi connectivity index (χ1n) is 7.93. The van der Waals surface area contributed by atoms with E-state index in [0.29, 0.717) is 0 Å². The molecule has 0 radical (unpaired) electrons. The van der Waals surface area contributed by atoms with Crippen molar-refractivity contribution in [3.8, 4) is 47.4 Å². The van der Waals surface area contributed by atoms with Crippen LogP contribution in [0.15, 0.2) is 61.2 Å². The molecule has 0 saturated carbocycles. The summed E-state index contributed by atoms with van der Waals surface area (Å²) >= 11 is 0. The van der Waals surface area contributed by atoms with Crippen molar-refractivity contribution in [2.45, 2.75) is 0 Å². The molecule has 26 heavy (non-hydrogen) atoms. The van der Waals surface area contributed by atoms with Gasteiger partial charge < -0.3 is 0 Å². The quantitative estimate of drug-likeness (QED) is 0.594. The molecule has 1 aliphatic carbocycles. The van der Waals surface area contributed by atoms with Gasteiger partial charge >= 0.3 is 0 Å². The van der Waals surface area contributed by atoms with Crippen LogP contribution >= 0.6 is 0 Å². The molecule has 4 rings (SSSR count). The summed E-state index contributed by atoms with van der Waals surface area (Å²) in [6, 6.07) is 11.6. The molecular formula is C24H10N2. The van der Waals surface area contributed by atoms with E-state index in [1.807, 2.05) is 36.4 Å². The average molecular weight is 326 g/mol. The summed E-state index contributed by atoms with van der Waals surface area (Å²) < 4.78 is 0. The summed E-state index contributed by atoms with van der Waals surface area (Å²) in [7, 11) is 0. The summed E-state index contributed by atoms with van der Waals surface area (Å²) in [6.45, 7) is 0. The van der Waals surface area contributed by atoms with Crippen molar-refractivity contribution >= 4 is 0 Å². The molecule has 0 fully saturated rings. The molecule has 2 heteroatoms. The number of hydrogen-bond donors (Lipinski definition) is 0. The van der Waals surface area contributed by atoms with E-state index < -0.39 is 0 Å². The van der Waals surface area contributed by atoms with Crippen molar-refractivity contribution in [1.82, 2.24) is 9.97 Å². The Bertz CT molecular complexity index is 1160. The lowest BCUT2D eigenvalue weighted by Crippen LogP contribution is -1.85. The van der Waals surface area contributed by atoms with Crippen molar-refractivity contribution in [3.05, 3.63) is 94.6 Å². The summed E-state index contributed by atoms with van der Waals surface area (Å²) in [5.74, 6) is 24.4. The molecule has 116 valence electrons. The van der Waals surface area contributed by atoms with Gasteiger partial charge in [0, 0.05) is 47.0 Å². The first-order chi connectivity index (χ1) is 12.9. The zero-order chi connectivity index (χ0) is 17.6. The van der Waals surface area contributed by atoms with Crippen LogP contribution in [0.1, 0.15) is 33.4 Å². The van der Waals surface area contributed by atoms with Crippen LogP contribution in [0.4, 0.5) is 0 Å². The monoisotopic (exact) mass is 326 g/mol. The number of rotatable bonds is 0. The molecule has 1 aliphatic rings. The molecule has 2 heterocycles. The van der Waals surface area contributed by atoms with Crippen molar-refractivity contribution in [3.63, 3.8) is 0 Å². The number of aromatic nitrogens is 2. The van der Waals surface area contributed by atoms with E-state index in [9.17, 15) is 0 Å². The van der Waals surface area contributed by atoms with Gasteiger partial charge in [0.2, 0.25) is 0 Å². The highest BCUT2D eigenvalue weighted by Crippen LogP contribution is 2.08. The molecule has 0 unspecified atom stereocenters. The van der Waals surface area contributed by atoms with E-state index >= 15 is 0 Å². The fourth-order valence-corrected chi connectivity index (χ4v) is 2.36. The van der Waals surface area contributed by atoms with Crippen molar-refractivity contribution in [2.24, 2.45) is 0 Å². The SMILES string of the molecule is C1#Cc2cnccc2C#Cc2cccc(c2)C#Cc2ccncc2C#C1. The van der Waals surface area contributed by atoms with Crippen LogP contribution in [0.5, 0.6) is 0 Å². The highest BCUT2D eigenvalue weighted by Gasteiger charge is 1.98. The molecule has 0 spiro atoms. The first kappa shape index (κ1) is 15.3. The van der Waals surface area contributed by atoms with E-state index in [-0.39, 0.29) is 0 Å². The lowest BCUT2D eigenvalue weighted by Gasteiger charge is -1.95. The van der Waals surface area contributed by atoms with Crippen LogP contribution in [0.3, 0.4) is 0 Å². The van der Waals surface area contributed by atoms with E-state index in [0.717, 1.165) is 33.4 Å². The molecule has 2 aromatic heterocycles. The second-order valence-corrected chi connectivity index (χ2v) is 5.42. The molecule has 0 aliphatic heterocycles. The van der Waals surface area contributed by atoms with E-state index in [1.54, 1.807) is 24.8 Å². The predicted octanol–water partition coefficient (Wildman–Crippen LogP) is 2.99. The Labute approximate surface area is 152 Å². The van der Waals surface area contributed by atoms with Crippen LogP contribution in [0.2, 0.25) is 0 Å². The van der Waals surface area contributed by atoms with Crippen LogP contribution in [-0.4, -0.2) is 9.97 Å². The second kappa shape index (κ2) is 7.11. The molecule has 0 N–H and O–H groups in total. The third kappa shape index (κ3) is 3.47. The number of fused-ring (bicyclic) bond motifs is 4. The largest absolute Gasteiger partial charge is 0.263 e. The Morgan fingerprint density at radius 2 is 1.08 bits per heavy atom. The first-order valence-corrected chi connectivity index (χ1v) is 7.93. The molecule has 0 saturated heterocycles. The fourth-order valence-electron chi connectivity index (χ4n) is 2.36.